The van der Waals surface area contributed by atoms with E-state index in [2.05, 4.69) is 39.4 Å². The highest BCUT2D eigenvalue weighted by atomic mass is 32.7. The molecule has 0 aliphatic rings. The highest BCUT2D eigenvalue weighted by molar-refractivity contribution is 8.52. The van der Waals surface area contributed by atoms with Gasteiger partial charge in [0.25, 0.3) is 0 Å². The van der Waals surface area contributed by atoms with E-state index >= 15 is 0 Å². The second kappa shape index (κ2) is 2.37. The molecule has 0 aromatic carbocycles. The minimum atomic E-state index is -0.793. The summed E-state index contributed by atoms with van der Waals surface area (Å²) >= 11 is 4.46. The van der Waals surface area contributed by atoms with E-state index in [1.165, 1.54) is 0 Å². The van der Waals surface area contributed by atoms with Gasteiger partial charge in [-0.1, -0.05) is 0 Å². The normalized spacial score (nSPS) is 12.9. The van der Waals surface area contributed by atoms with Crippen molar-refractivity contribution in [3.05, 3.63) is 0 Å². The molecule has 0 spiro atoms. The minimum Gasteiger partial charge on any atom is -0.0276 e. The molecule has 7 heavy (non-hydrogen) atoms. The van der Waals surface area contributed by atoms with Gasteiger partial charge in [-0.3, -0.25) is 0 Å². The van der Waals surface area contributed by atoms with Crippen LogP contribution in [0.25, 0.3) is 0 Å². The van der Waals surface area contributed by atoms with Gasteiger partial charge in [0.2, 0.25) is 0 Å². The first-order valence-electron chi connectivity index (χ1n) is 2.51. The molecule has 0 fully saturated rings. The van der Waals surface area contributed by atoms with Gasteiger partial charge in [-0.05, 0) is 13.8 Å². The zero-order valence-corrected chi connectivity index (χ0v) is 7.26. The summed E-state index contributed by atoms with van der Waals surface area (Å²) in [6.07, 6.45) is 0. The van der Waals surface area contributed by atoms with E-state index in [0.717, 1.165) is 5.66 Å². The van der Waals surface area contributed by atoms with Crippen molar-refractivity contribution in [3.8, 4) is 0 Å². The van der Waals surface area contributed by atoms with Gasteiger partial charge < -0.3 is 0 Å². The first-order chi connectivity index (χ1) is 2.94. The second-order valence-corrected chi connectivity index (χ2v) is 9.66. The number of thiol groups is 1. The lowest BCUT2D eigenvalue weighted by atomic mass is 10.6. The number of rotatable bonds is 1. The van der Waals surface area contributed by atoms with Gasteiger partial charge in [0.1, 0.15) is 0 Å². The average molecular weight is 137 g/mol. The Hall–Kier alpha value is 0.780. The lowest BCUT2D eigenvalue weighted by molar-refractivity contribution is 1.09. The summed E-state index contributed by atoms with van der Waals surface area (Å²) in [5.41, 5.74) is 0.774. The van der Waals surface area contributed by atoms with E-state index in [1.807, 2.05) is 0 Å². The van der Waals surface area contributed by atoms with Gasteiger partial charge in [0.15, 0.2) is 0 Å². The molecule has 0 unspecified atom stereocenters. The Morgan fingerprint density at radius 1 is 1.29 bits per heavy atom. The van der Waals surface area contributed by atoms with Crippen LogP contribution in [0.1, 0.15) is 13.8 Å². The van der Waals surface area contributed by atoms with Gasteiger partial charge in [-0.2, -0.15) is 0 Å². The molecular formula is C5H14PS+. The van der Waals surface area contributed by atoms with Crippen LogP contribution in [0.5, 0.6) is 0 Å². The smallest absolute Gasteiger partial charge is 0.0276 e. The van der Waals surface area contributed by atoms with Crippen LogP contribution in [0.4, 0.5) is 0 Å². The third-order valence-electron chi connectivity index (χ3n) is 1.26. The van der Waals surface area contributed by atoms with Crippen LogP contribution in [-0.2, 0) is 0 Å². The third-order valence-corrected chi connectivity index (χ3v) is 5.18. The minimum absolute atomic E-state index is 0.774. The molecule has 0 heterocycles. The highest BCUT2D eigenvalue weighted by Crippen LogP contribution is 2.60. The van der Waals surface area contributed by atoms with E-state index in [4.69, 9.17) is 0 Å². The molecule has 0 saturated carbocycles. The Morgan fingerprint density at radius 2 is 1.43 bits per heavy atom. The first-order valence-corrected chi connectivity index (χ1v) is 6.41. The molecule has 0 bridgehead atoms. The highest BCUT2D eigenvalue weighted by Gasteiger charge is 2.23. The lowest BCUT2D eigenvalue weighted by Gasteiger charge is -2.12. The fourth-order valence-electron chi connectivity index (χ4n) is 0. The van der Waals surface area contributed by atoms with Crippen molar-refractivity contribution < 1.29 is 0 Å². The standard InChI is InChI=1S/C5H14PS/c1-5(2)6(3,4)7/h5,7H,1-4H3/q+1. The Morgan fingerprint density at radius 3 is 1.43 bits per heavy atom. The SMILES string of the molecule is CC(C)[P+](C)(C)S. The third kappa shape index (κ3) is 3.37. The summed E-state index contributed by atoms with van der Waals surface area (Å²) in [6, 6.07) is 0. The van der Waals surface area contributed by atoms with E-state index < -0.39 is 6.46 Å². The molecule has 0 saturated heterocycles. The van der Waals surface area contributed by atoms with Crippen molar-refractivity contribution in [2.45, 2.75) is 19.5 Å². The Kier molecular flexibility index (Phi) is 2.63. The van der Waals surface area contributed by atoms with Crippen molar-refractivity contribution in [2.75, 3.05) is 13.3 Å². The fraction of sp³-hybridized carbons (Fsp3) is 1.00. The molecular weight excluding hydrogens is 123 g/mol. The summed E-state index contributed by atoms with van der Waals surface area (Å²) in [5.74, 6) is 0. The topological polar surface area (TPSA) is 0 Å². The Balaban J connectivity index is 3.54. The molecule has 0 aromatic rings. The molecule has 0 atom stereocenters. The molecule has 2 heteroatoms. The van der Waals surface area contributed by atoms with Crippen LogP contribution in [0.2, 0.25) is 0 Å². The maximum atomic E-state index is 4.46. The quantitative estimate of drug-likeness (QED) is 0.416. The van der Waals surface area contributed by atoms with Crippen LogP contribution >= 0.6 is 18.7 Å². The molecule has 0 amide bonds. The van der Waals surface area contributed by atoms with Crippen LogP contribution in [0.15, 0.2) is 0 Å². The zero-order valence-electron chi connectivity index (χ0n) is 5.47. The second-order valence-electron chi connectivity index (χ2n) is 2.57. The van der Waals surface area contributed by atoms with E-state index in [9.17, 15) is 0 Å². The molecule has 0 rings (SSSR count). The molecule has 0 radical (unpaired) electrons. The van der Waals surface area contributed by atoms with Gasteiger partial charge >= 0.3 is 0 Å². The van der Waals surface area contributed by atoms with Gasteiger partial charge in [-0.25, -0.2) is 0 Å². The van der Waals surface area contributed by atoms with Gasteiger partial charge in [0, 0.05) is 12.2 Å². The van der Waals surface area contributed by atoms with Crippen molar-refractivity contribution in [1.29, 1.82) is 0 Å². The van der Waals surface area contributed by atoms with E-state index in [1.54, 1.807) is 0 Å². The predicted molar refractivity (Wildman–Crippen MR) is 42.9 cm³/mol. The molecule has 0 N–H and O–H groups in total. The summed E-state index contributed by atoms with van der Waals surface area (Å²) in [4.78, 5) is 0. The monoisotopic (exact) mass is 137 g/mol. The van der Waals surface area contributed by atoms with E-state index in [0.29, 0.717) is 0 Å². The number of hydrogen-bond acceptors (Lipinski definition) is 1. The first kappa shape index (κ1) is 7.78. The van der Waals surface area contributed by atoms with E-state index in [-0.39, 0.29) is 0 Å². The van der Waals surface area contributed by atoms with Crippen LogP contribution in [0.3, 0.4) is 0 Å². The van der Waals surface area contributed by atoms with Crippen molar-refractivity contribution in [3.63, 3.8) is 0 Å². The summed E-state index contributed by atoms with van der Waals surface area (Å²) < 4.78 is 0. The Labute approximate surface area is 52.2 Å². The molecule has 0 aromatic heterocycles. The van der Waals surface area contributed by atoms with Crippen molar-refractivity contribution >= 4 is 18.7 Å². The van der Waals surface area contributed by atoms with Gasteiger partial charge in [0.05, 0.1) is 25.5 Å². The Bertz CT molecular complexity index is 53.6. The molecule has 0 aliphatic carbocycles. The molecule has 0 aliphatic heterocycles. The fourth-order valence-corrected chi connectivity index (χ4v) is 0. The average Bonchev–Trinajstić information content (AvgIpc) is 1.31. The molecule has 44 valence electrons. The van der Waals surface area contributed by atoms with Crippen LogP contribution in [0, 0.1) is 0 Å². The van der Waals surface area contributed by atoms with Crippen molar-refractivity contribution in [2.24, 2.45) is 0 Å². The molecule has 0 nitrogen and oxygen atoms in total. The zero-order chi connectivity index (χ0) is 6.08. The predicted octanol–water partition coefficient (Wildman–Crippen LogP) is 2.52. The van der Waals surface area contributed by atoms with Crippen LogP contribution in [-0.4, -0.2) is 19.0 Å². The maximum absolute atomic E-state index is 4.46. The van der Waals surface area contributed by atoms with Gasteiger partial charge in [-0.15, -0.1) is 0 Å². The number of hydrogen-bond donors (Lipinski definition) is 1. The largest absolute Gasteiger partial charge is 0.0736 e. The lowest BCUT2D eigenvalue weighted by Crippen LogP contribution is -1.95. The van der Waals surface area contributed by atoms with Crippen LogP contribution < -0.4 is 0 Å². The summed E-state index contributed by atoms with van der Waals surface area (Å²) in [7, 11) is 0. The maximum Gasteiger partial charge on any atom is 0.0736 e. The van der Waals surface area contributed by atoms with Crippen molar-refractivity contribution in [1.82, 2.24) is 0 Å². The summed E-state index contributed by atoms with van der Waals surface area (Å²) in [5, 5.41) is 0. The summed E-state index contributed by atoms with van der Waals surface area (Å²) in [6.45, 7) is 8.13.